The highest BCUT2D eigenvalue weighted by molar-refractivity contribution is 7.86. The van der Waals surface area contributed by atoms with Crippen LogP contribution in [0.5, 0.6) is 0 Å². The largest absolute Gasteiger partial charge is 0.343 e. The van der Waals surface area contributed by atoms with E-state index in [1.54, 1.807) is 30.8 Å². The van der Waals surface area contributed by atoms with Crippen LogP contribution in [0.2, 0.25) is 0 Å². The molecule has 3 heterocycles. The van der Waals surface area contributed by atoms with Gasteiger partial charge in [0.05, 0.1) is 0 Å². The van der Waals surface area contributed by atoms with Gasteiger partial charge in [-0.2, -0.15) is 17.0 Å². The second-order valence-corrected chi connectivity index (χ2v) is 8.34. The van der Waals surface area contributed by atoms with Crippen LogP contribution in [-0.2, 0) is 16.6 Å². The van der Waals surface area contributed by atoms with Crippen molar-refractivity contribution < 1.29 is 8.42 Å². The first-order chi connectivity index (χ1) is 11.5. The number of aromatic nitrogens is 4. The van der Waals surface area contributed by atoms with Gasteiger partial charge in [-0.3, -0.25) is 0 Å². The van der Waals surface area contributed by atoms with Crippen LogP contribution in [0.3, 0.4) is 0 Å². The Morgan fingerprint density at radius 2 is 2.17 bits per heavy atom. The molecular formula is C15H22N6O2S. The summed E-state index contributed by atoms with van der Waals surface area (Å²) in [5.74, 6) is 0.965. The molecule has 2 aromatic heterocycles. The summed E-state index contributed by atoms with van der Waals surface area (Å²) in [7, 11) is -0.213. The molecule has 1 aliphatic rings. The summed E-state index contributed by atoms with van der Waals surface area (Å²) in [5, 5.41) is 0. The van der Waals surface area contributed by atoms with Crippen LogP contribution in [0.4, 0.5) is 0 Å². The minimum absolute atomic E-state index is 0.257. The summed E-state index contributed by atoms with van der Waals surface area (Å²) in [5.41, 5.74) is 1.66. The molecule has 1 N–H and O–H groups in total. The lowest BCUT2D eigenvalue weighted by Crippen LogP contribution is -2.45. The van der Waals surface area contributed by atoms with Crippen molar-refractivity contribution >= 4 is 10.2 Å². The molecule has 0 aliphatic carbocycles. The maximum atomic E-state index is 12.3. The number of H-pyrrole nitrogens is 1. The summed E-state index contributed by atoms with van der Waals surface area (Å²) < 4.78 is 27.5. The van der Waals surface area contributed by atoms with Gasteiger partial charge in [0.1, 0.15) is 12.0 Å². The summed E-state index contributed by atoms with van der Waals surface area (Å²) in [6, 6.07) is 1.91. The molecule has 1 saturated heterocycles. The first-order valence-electron chi connectivity index (χ1n) is 7.95. The van der Waals surface area contributed by atoms with Crippen molar-refractivity contribution in [3.8, 4) is 11.5 Å². The zero-order valence-corrected chi connectivity index (χ0v) is 14.7. The molecule has 8 nitrogen and oxygen atoms in total. The van der Waals surface area contributed by atoms with Crippen LogP contribution in [0.25, 0.3) is 11.5 Å². The van der Waals surface area contributed by atoms with Crippen LogP contribution in [0, 0.1) is 5.92 Å². The van der Waals surface area contributed by atoms with Gasteiger partial charge in [0, 0.05) is 45.3 Å². The van der Waals surface area contributed by atoms with Crippen LogP contribution >= 0.6 is 0 Å². The molecule has 0 saturated carbocycles. The van der Waals surface area contributed by atoms with E-state index >= 15 is 0 Å². The summed E-state index contributed by atoms with van der Waals surface area (Å²) in [4.78, 5) is 15.8. The number of nitrogens with zero attached hydrogens (tertiary/aromatic N) is 5. The molecule has 130 valence electrons. The van der Waals surface area contributed by atoms with Gasteiger partial charge in [-0.25, -0.2) is 15.0 Å². The fraction of sp³-hybridized carbons (Fsp3) is 0.533. The van der Waals surface area contributed by atoms with Gasteiger partial charge in [-0.1, -0.05) is 0 Å². The molecule has 0 amide bonds. The monoisotopic (exact) mass is 350 g/mol. The fourth-order valence-electron chi connectivity index (χ4n) is 2.97. The van der Waals surface area contributed by atoms with Gasteiger partial charge < -0.3 is 4.98 Å². The van der Waals surface area contributed by atoms with Gasteiger partial charge in [0.25, 0.3) is 10.2 Å². The molecule has 0 bridgehead atoms. The van der Waals surface area contributed by atoms with Crippen molar-refractivity contribution in [1.29, 1.82) is 0 Å². The minimum Gasteiger partial charge on any atom is -0.343 e. The molecule has 1 atom stereocenters. The number of hydrogen-bond acceptors (Lipinski definition) is 5. The third kappa shape index (κ3) is 3.63. The third-order valence-electron chi connectivity index (χ3n) is 4.23. The molecule has 1 aliphatic heterocycles. The van der Waals surface area contributed by atoms with Crippen molar-refractivity contribution in [3.05, 3.63) is 30.5 Å². The molecule has 9 heteroatoms. The molecule has 24 heavy (non-hydrogen) atoms. The van der Waals surface area contributed by atoms with Gasteiger partial charge in [0.15, 0.2) is 5.82 Å². The highest BCUT2D eigenvalue weighted by Gasteiger charge is 2.30. The molecule has 2 aromatic rings. The Bertz CT molecular complexity index is 775. The number of aromatic amines is 1. The second-order valence-electron chi connectivity index (χ2n) is 6.19. The predicted molar refractivity (Wildman–Crippen MR) is 90.2 cm³/mol. The lowest BCUT2D eigenvalue weighted by Gasteiger charge is -2.33. The Morgan fingerprint density at radius 3 is 2.88 bits per heavy atom. The Balaban J connectivity index is 1.71. The molecule has 0 aromatic carbocycles. The standard InChI is InChI=1S/C15H22N6O2S/c1-20(2)24(22,23)21-7-3-4-12(10-21)8-13-9-14(19-11-18-13)15-16-5-6-17-15/h5-6,9,11-12H,3-4,7-8,10H2,1-2H3,(H,16,17)/t12-/m1/s1. The SMILES string of the molecule is CN(C)S(=O)(=O)N1CCC[C@H](Cc2cc(-c3ncc[nH]3)ncn2)C1. The third-order valence-corrected chi connectivity index (χ3v) is 6.14. The number of imidazole rings is 1. The smallest absolute Gasteiger partial charge is 0.281 e. The Hall–Kier alpha value is -1.84. The molecule has 3 rings (SSSR count). The highest BCUT2D eigenvalue weighted by Crippen LogP contribution is 2.23. The fourth-order valence-corrected chi connectivity index (χ4v) is 4.19. The average molecular weight is 350 g/mol. The summed E-state index contributed by atoms with van der Waals surface area (Å²) in [6.45, 7) is 1.11. The Labute approximate surface area is 142 Å². The van der Waals surface area contributed by atoms with E-state index in [2.05, 4.69) is 19.9 Å². The van der Waals surface area contributed by atoms with Gasteiger partial charge in [-0.05, 0) is 31.2 Å². The zero-order chi connectivity index (χ0) is 17.2. The van der Waals surface area contributed by atoms with Crippen molar-refractivity contribution in [3.63, 3.8) is 0 Å². The Kier molecular flexibility index (Phi) is 4.93. The number of piperidine rings is 1. The second kappa shape index (κ2) is 6.96. The molecule has 0 spiro atoms. The lowest BCUT2D eigenvalue weighted by atomic mass is 9.94. The number of nitrogens with one attached hydrogen (secondary N) is 1. The van der Waals surface area contributed by atoms with Gasteiger partial charge in [0.2, 0.25) is 0 Å². The van der Waals surface area contributed by atoms with Crippen molar-refractivity contribution in [2.75, 3.05) is 27.2 Å². The first kappa shape index (κ1) is 17.0. The van der Waals surface area contributed by atoms with Crippen LogP contribution in [0.1, 0.15) is 18.5 Å². The van der Waals surface area contributed by atoms with E-state index in [1.165, 1.54) is 10.6 Å². The number of hydrogen-bond donors (Lipinski definition) is 1. The van der Waals surface area contributed by atoms with E-state index < -0.39 is 10.2 Å². The maximum Gasteiger partial charge on any atom is 0.281 e. The molecule has 0 radical (unpaired) electrons. The topological polar surface area (TPSA) is 95.1 Å². The minimum atomic E-state index is -3.35. The Morgan fingerprint density at radius 1 is 1.33 bits per heavy atom. The lowest BCUT2D eigenvalue weighted by molar-refractivity contribution is 0.253. The zero-order valence-electron chi connectivity index (χ0n) is 13.9. The summed E-state index contributed by atoms with van der Waals surface area (Å²) in [6.07, 6.45) is 7.57. The van der Waals surface area contributed by atoms with E-state index in [9.17, 15) is 8.42 Å². The van der Waals surface area contributed by atoms with Crippen LogP contribution in [0.15, 0.2) is 24.8 Å². The van der Waals surface area contributed by atoms with Gasteiger partial charge >= 0.3 is 0 Å². The highest BCUT2D eigenvalue weighted by atomic mass is 32.2. The van der Waals surface area contributed by atoms with Crippen molar-refractivity contribution in [2.24, 2.45) is 5.92 Å². The van der Waals surface area contributed by atoms with Crippen molar-refractivity contribution in [1.82, 2.24) is 28.5 Å². The molecule has 1 fully saturated rings. The number of rotatable bonds is 5. The quantitative estimate of drug-likeness (QED) is 0.865. The van der Waals surface area contributed by atoms with E-state index in [0.29, 0.717) is 18.9 Å². The van der Waals surface area contributed by atoms with Crippen LogP contribution in [-0.4, -0.2) is 64.1 Å². The normalized spacial score (nSPS) is 19.7. The van der Waals surface area contributed by atoms with E-state index in [-0.39, 0.29) is 5.92 Å². The van der Waals surface area contributed by atoms with Gasteiger partial charge in [-0.15, -0.1) is 0 Å². The first-order valence-corrected chi connectivity index (χ1v) is 9.35. The molecular weight excluding hydrogens is 328 g/mol. The van der Waals surface area contributed by atoms with Crippen LogP contribution < -0.4 is 0 Å². The summed E-state index contributed by atoms with van der Waals surface area (Å²) >= 11 is 0. The molecule has 0 unspecified atom stereocenters. The predicted octanol–water partition coefficient (Wildman–Crippen LogP) is 0.928. The van der Waals surface area contributed by atoms with Crippen molar-refractivity contribution in [2.45, 2.75) is 19.3 Å². The average Bonchev–Trinajstić information content (AvgIpc) is 3.10. The maximum absolute atomic E-state index is 12.3. The van der Waals surface area contributed by atoms with E-state index in [1.807, 2.05) is 6.07 Å². The van der Waals surface area contributed by atoms with E-state index in [0.717, 1.165) is 30.7 Å². The van der Waals surface area contributed by atoms with E-state index in [4.69, 9.17) is 0 Å².